The molecule has 3 aromatic carbocycles. The fourth-order valence-corrected chi connectivity index (χ4v) is 2.97. The summed E-state index contributed by atoms with van der Waals surface area (Å²) in [6, 6.07) is 26.1. The number of benzene rings is 3. The molecule has 0 spiro atoms. The average Bonchev–Trinajstić information content (AvgIpc) is 2.75. The van der Waals surface area contributed by atoms with Crippen LogP contribution in [-0.4, -0.2) is 24.5 Å². The van der Waals surface area contributed by atoms with Crippen LogP contribution in [0.15, 0.2) is 84.9 Å². The van der Waals surface area contributed by atoms with Gasteiger partial charge < -0.3 is 10.1 Å². The molecule has 3 aromatic rings. The molecule has 4 nitrogen and oxygen atoms in total. The van der Waals surface area contributed by atoms with Gasteiger partial charge in [-0.3, -0.25) is 4.79 Å². The number of carbonyl (C=O) groups is 2. The summed E-state index contributed by atoms with van der Waals surface area (Å²) in [4.78, 5) is 25.0. The molecule has 1 N–H and O–H groups in total. The first kappa shape index (κ1) is 19.4. The maximum Gasteiger partial charge on any atom is 0.328 e. The second kappa shape index (κ2) is 9.51. The van der Waals surface area contributed by atoms with Crippen molar-refractivity contribution in [3.05, 3.63) is 96.1 Å². The van der Waals surface area contributed by atoms with Crippen LogP contribution in [0.3, 0.4) is 0 Å². The zero-order chi connectivity index (χ0) is 19.8. The Bertz CT molecular complexity index is 906. The minimum Gasteiger partial charge on any atom is -0.464 e. The third-order valence-corrected chi connectivity index (χ3v) is 4.41. The van der Waals surface area contributed by atoms with E-state index in [1.54, 1.807) is 19.1 Å². The summed E-state index contributed by atoms with van der Waals surface area (Å²) in [6.07, 6.45) is 0.382. The molecule has 1 amide bonds. The molecule has 0 aliphatic carbocycles. The summed E-state index contributed by atoms with van der Waals surface area (Å²) in [5.41, 5.74) is 3.58. The molecule has 3 rings (SSSR count). The molecule has 0 heterocycles. The van der Waals surface area contributed by atoms with Crippen LogP contribution >= 0.6 is 0 Å². The van der Waals surface area contributed by atoms with E-state index in [1.165, 1.54) is 0 Å². The summed E-state index contributed by atoms with van der Waals surface area (Å²) < 4.78 is 5.14. The van der Waals surface area contributed by atoms with Gasteiger partial charge in [0.05, 0.1) is 6.61 Å². The molecule has 0 saturated carbocycles. The lowest BCUT2D eigenvalue weighted by Gasteiger charge is -2.17. The van der Waals surface area contributed by atoms with Crippen molar-refractivity contribution in [2.45, 2.75) is 19.4 Å². The van der Waals surface area contributed by atoms with Crippen molar-refractivity contribution in [3.8, 4) is 11.1 Å². The number of hydrogen-bond acceptors (Lipinski definition) is 3. The van der Waals surface area contributed by atoms with Gasteiger partial charge in [-0.15, -0.1) is 0 Å². The van der Waals surface area contributed by atoms with E-state index in [9.17, 15) is 9.59 Å². The van der Waals surface area contributed by atoms with Crippen molar-refractivity contribution in [2.24, 2.45) is 0 Å². The number of rotatable bonds is 7. The highest BCUT2D eigenvalue weighted by atomic mass is 16.5. The first-order chi connectivity index (χ1) is 13.7. The smallest absolute Gasteiger partial charge is 0.328 e. The van der Waals surface area contributed by atoms with E-state index in [0.717, 1.165) is 16.7 Å². The lowest BCUT2D eigenvalue weighted by molar-refractivity contribution is -0.145. The van der Waals surface area contributed by atoms with Crippen LogP contribution in [-0.2, 0) is 16.0 Å². The van der Waals surface area contributed by atoms with Gasteiger partial charge in [0.1, 0.15) is 6.04 Å². The van der Waals surface area contributed by atoms with Crippen molar-refractivity contribution in [3.63, 3.8) is 0 Å². The molecule has 1 atom stereocenters. The van der Waals surface area contributed by atoms with Gasteiger partial charge in [-0.25, -0.2) is 4.79 Å². The molecule has 0 aliphatic rings. The molecular weight excluding hydrogens is 350 g/mol. The van der Waals surface area contributed by atoms with Gasteiger partial charge in [0, 0.05) is 12.0 Å². The number of ether oxygens (including phenoxy) is 1. The number of nitrogens with one attached hydrogen (secondary N) is 1. The van der Waals surface area contributed by atoms with E-state index >= 15 is 0 Å². The Morgan fingerprint density at radius 1 is 0.821 bits per heavy atom. The lowest BCUT2D eigenvalue weighted by atomic mass is 10.0. The van der Waals surface area contributed by atoms with Gasteiger partial charge >= 0.3 is 5.97 Å². The molecule has 142 valence electrons. The number of amides is 1. The molecule has 0 saturated heterocycles. The van der Waals surface area contributed by atoms with Crippen LogP contribution in [0.5, 0.6) is 0 Å². The van der Waals surface area contributed by atoms with Gasteiger partial charge in [-0.1, -0.05) is 72.8 Å². The van der Waals surface area contributed by atoms with Crippen LogP contribution in [0.25, 0.3) is 11.1 Å². The molecule has 28 heavy (non-hydrogen) atoms. The minimum absolute atomic E-state index is 0.270. The second-order valence-corrected chi connectivity index (χ2v) is 6.41. The summed E-state index contributed by atoms with van der Waals surface area (Å²) in [6.45, 7) is 2.02. The largest absolute Gasteiger partial charge is 0.464 e. The summed E-state index contributed by atoms with van der Waals surface area (Å²) in [5.74, 6) is -0.728. The molecule has 0 radical (unpaired) electrons. The molecule has 1 unspecified atom stereocenters. The normalized spacial score (nSPS) is 11.5. The maximum absolute atomic E-state index is 12.7. The van der Waals surface area contributed by atoms with Crippen molar-refractivity contribution < 1.29 is 14.3 Å². The second-order valence-electron chi connectivity index (χ2n) is 6.41. The van der Waals surface area contributed by atoms with Crippen molar-refractivity contribution in [2.75, 3.05) is 6.61 Å². The highest BCUT2D eigenvalue weighted by molar-refractivity contribution is 5.97. The predicted molar refractivity (Wildman–Crippen MR) is 110 cm³/mol. The number of carbonyl (C=O) groups excluding carboxylic acids is 2. The maximum atomic E-state index is 12.7. The minimum atomic E-state index is -0.733. The summed E-state index contributed by atoms with van der Waals surface area (Å²) in [7, 11) is 0. The van der Waals surface area contributed by atoms with E-state index < -0.39 is 12.0 Å². The van der Waals surface area contributed by atoms with E-state index in [1.807, 2.05) is 72.8 Å². The van der Waals surface area contributed by atoms with Crippen LogP contribution in [0.2, 0.25) is 0 Å². The molecule has 0 bridgehead atoms. The lowest BCUT2D eigenvalue weighted by Crippen LogP contribution is -2.43. The standard InChI is InChI=1S/C24H23NO3/c1-2-28-24(27)22(17-18-9-5-3-6-10-18)25-23(26)21-15-13-20(14-16-21)19-11-7-4-8-12-19/h3-16,22H,2,17H2,1H3,(H,25,26). The molecule has 4 heteroatoms. The topological polar surface area (TPSA) is 55.4 Å². The molecule has 0 aliphatic heterocycles. The highest BCUT2D eigenvalue weighted by Gasteiger charge is 2.23. The third-order valence-electron chi connectivity index (χ3n) is 4.41. The van der Waals surface area contributed by atoms with E-state index in [-0.39, 0.29) is 12.5 Å². The highest BCUT2D eigenvalue weighted by Crippen LogP contribution is 2.19. The number of esters is 1. The van der Waals surface area contributed by atoms with Gasteiger partial charge in [-0.2, -0.15) is 0 Å². The average molecular weight is 373 g/mol. The van der Waals surface area contributed by atoms with E-state index in [0.29, 0.717) is 12.0 Å². The van der Waals surface area contributed by atoms with Gasteiger partial charge in [0.2, 0.25) is 0 Å². The van der Waals surface area contributed by atoms with Gasteiger partial charge in [-0.05, 0) is 35.7 Å². The van der Waals surface area contributed by atoms with Crippen molar-refractivity contribution in [1.82, 2.24) is 5.32 Å². The van der Waals surface area contributed by atoms with E-state index in [4.69, 9.17) is 4.74 Å². The quantitative estimate of drug-likeness (QED) is 0.630. The Hall–Kier alpha value is -3.40. The monoisotopic (exact) mass is 373 g/mol. The van der Waals surface area contributed by atoms with Crippen molar-refractivity contribution >= 4 is 11.9 Å². The van der Waals surface area contributed by atoms with Crippen LogP contribution in [0.4, 0.5) is 0 Å². The molecule has 0 fully saturated rings. The Labute approximate surface area is 165 Å². The molecular formula is C24H23NO3. The SMILES string of the molecule is CCOC(=O)C(Cc1ccccc1)NC(=O)c1ccc(-c2ccccc2)cc1. The summed E-state index contributed by atoms with van der Waals surface area (Å²) in [5, 5.41) is 2.81. The Morgan fingerprint density at radius 2 is 1.39 bits per heavy atom. The fourth-order valence-electron chi connectivity index (χ4n) is 2.97. The first-order valence-electron chi connectivity index (χ1n) is 9.34. The van der Waals surface area contributed by atoms with Crippen LogP contribution in [0.1, 0.15) is 22.8 Å². The first-order valence-corrected chi connectivity index (χ1v) is 9.34. The third kappa shape index (κ3) is 5.07. The Morgan fingerprint density at radius 3 is 2.00 bits per heavy atom. The predicted octanol–water partition coefficient (Wildman–Crippen LogP) is 4.26. The Balaban J connectivity index is 1.73. The molecule has 0 aromatic heterocycles. The van der Waals surface area contributed by atoms with Gasteiger partial charge in [0.25, 0.3) is 5.91 Å². The number of hydrogen-bond donors (Lipinski definition) is 1. The van der Waals surface area contributed by atoms with Gasteiger partial charge in [0.15, 0.2) is 0 Å². The Kier molecular flexibility index (Phi) is 6.58. The fraction of sp³-hybridized carbons (Fsp3) is 0.167. The van der Waals surface area contributed by atoms with Crippen LogP contribution < -0.4 is 5.32 Å². The zero-order valence-corrected chi connectivity index (χ0v) is 15.8. The zero-order valence-electron chi connectivity index (χ0n) is 15.8. The van der Waals surface area contributed by atoms with E-state index in [2.05, 4.69) is 5.32 Å². The van der Waals surface area contributed by atoms with Crippen molar-refractivity contribution in [1.29, 1.82) is 0 Å². The van der Waals surface area contributed by atoms with Crippen LogP contribution in [0, 0.1) is 0 Å². The summed E-state index contributed by atoms with van der Waals surface area (Å²) >= 11 is 0.